The van der Waals surface area contributed by atoms with E-state index >= 15 is 0 Å². The van der Waals surface area contributed by atoms with Gasteiger partial charge in [0, 0.05) is 11.1 Å². The monoisotopic (exact) mass is 439 g/mol. The maximum atomic E-state index is 13.2. The van der Waals surface area contributed by atoms with E-state index in [9.17, 15) is 9.59 Å². The molecule has 0 saturated heterocycles. The number of carbonyl (C=O) groups is 2. The first kappa shape index (κ1) is 20.5. The number of amides is 1. The zero-order valence-corrected chi connectivity index (χ0v) is 18.9. The average molecular weight is 440 g/mol. The van der Waals surface area contributed by atoms with Crippen molar-refractivity contribution in [3.63, 3.8) is 0 Å². The van der Waals surface area contributed by atoms with Gasteiger partial charge in [-0.05, 0) is 39.8 Å². The zero-order chi connectivity index (χ0) is 19.8. The highest BCUT2D eigenvalue weighted by Crippen LogP contribution is 2.52. The SMILES string of the molecule is CCOC(=O)CSCC(=O)N1c2ccc(C)cc2-c2c(ssc2=S)C1(C)C. The highest BCUT2D eigenvalue weighted by atomic mass is 32.9. The molecule has 4 nitrogen and oxygen atoms in total. The Labute approximate surface area is 175 Å². The maximum absolute atomic E-state index is 13.2. The summed E-state index contributed by atoms with van der Waals surface area (Å²) in [6.07, 6.45) is 0. The van der Waals surface area contributed by atoms with E-state index in [2.05, 4.69) is 19.9 Å². The number of anilines is 1. The second kappa shape index (κ2) is 8.03. The average Bonchev–Trinajstić information content (AvgIpc) is 2.98. The van der Waals surface area contributed by atoms with Gasteiger partial charge in [-0.3, -0.25) is 9.59 Å². The second-order valence-corrected chi connectivity index (χ2v) is 10.6. The fourth-order valence-corrected chi connectivity index (χ4v) is 7.22. The van der Waals surface area contributed by atoms with Crippen molar-refractivity contribution in [3.8, 4) is 11.1 Å². The van der Waals surface area contributed by atoms with Gasteiger partial charge in [-0.15, -0.1) is 11.8 Å². The number of hydrogen-bond acceptors (Lipinski definition) is 7. The summed E-state index contributed by atoms with van der Waals surface area (Å²) in [5, 5.41) is 0. The predicted molar refractivity (Wildman–Crippen MR) is 118 cm³/mol. The Balaban J connectivity index is 1.95. The van der Waals surface area contributed by atoms with Crippen LogP contribution in [0, 0.1) is 10.7 Å². The van der Waals surface area contributed by atoms with Crippen LogP contribution in [0.25, 0.3) is 11.1 Å². The lowest BCUT2D eigenvalue weighted by Gasteiger charge is -2.43. The molecule has 0 atom stereocenters. The summed E-state index contributed by atoms with van der Waals surface area (Å²) in [6.45, 7) is 8.28. The van der Waals surface area contributed by atoms with Crippen LogP contribution in [0.3, 0.4) is 0 Å². The molecule has 1 aliphatic heterocycles. The van der Waals surface area contributed by atoms with Crippen LogP contribution >= 0.6 is 44.7 Å². The molecule has 0 fully saturated rings. The maximum Gasteiger partial charge on any atom is 0.315 e. The highest BCUT2D eigenvalue weighted by molar-refractivity contribution is 8.00. The molecule has 8 heteroatoms. The number of aryl methyl sites for hydroxylation is 1. The minimum atomic E-state index is -0.489. The molecule has 1 aromatic carbocycles. The number of fused-ring (bicyclic) bond motifs is 3. The van der Waals surface area contributed by atoms with Gasteiger partial charge in [0.2, 0.25) is 5.91 Å². The molecule has 3 rings (SSSR count). The van der Waals surface area contributed by atoms with E-state index in [0.29, 0.717) is 6.61 Å². The number of carbonyl (C=O) groups excluding carboxylic acids is 2. The van der Waals surface area contributed by atoms with E-state index in [-0.39, 0.29) is 23.4 Å². The molecule has 27 heavy (non-hydrogen) atoms. The van der Waals surface area contributed by atoms with Gasteiger partial charge in [-0.1, -0.05) is 44.5 Å². The minimum Gasteiger partial charge on any atom is -0.465 e. The molecule has 0 aliphatic carbocycles. The summed E-state index contributed by atoms with van der Waals surface area (Å²) in [7, 11) is 3.23. The molecule has 2 heterocycles. The van der Waals surface area contributed by atoms with Crippen molar-refractivity contribution in [2.24, 2.45) is 0 Å². The van der Waals surface area contributed by atoms with Crippen molar-refractivity contribution in [2.45, 2.75) is 33.2 Å². The molecule has 1 aromatic heterocycles. The van der Waals surface area contributed by atoms with Crippen LogP contribution in [0.4, 0.5) is 5.69 Å². The van der Waals surface area contributed by atoms with Crippen molar-refractivity contribution in [3.05, 3.63) is 32.5 Å². The molecule has 1 aliphatic rings. The van der Waals surface area contributed by atoms with Crippen LogP contribution < -0.4 is 4.90 Å². The Kier molecular flexibility index (Phi) is 6.10. The summed E-state index contributed by atoms with van der Waals surface area (Å²) in [6, 6.07) is 6.12. The Morgan fingerprint density at radius 2 is 2.00 bits per heavy atom. The number of nitrogens with zero attached hydrogens (tertiary/aromatic N) is 1. The van der Waals surface area contributed by atoms with E-state index in [0.717, 1.165) is 31.1 Å². The van der Waals surface area contributed by atoms with Gasteiger partial charge in [-0.2, -0.15) is 0 Å². The molecule has 0 unspecified atom stereocenters. The first-order chi connectivity index (χ1) is 12.8. The topological polar surface area (TPSA) is 46.6 Å². The number of thioether (sulfide) groups is 1. The van der Waals surface area contributed by atoms with Crippen LogP contribution in [0.15, 0.2) is 18.2 Å². The fraction of sp³-hybridized carbons (Fsp3) is 0.421. The van der Waals surface area contributed by atoms with Crippen molar-refractivity contribution < 1.29 is 14.3 Å². The van der Waals surface area contributed by atoms with E-state index in [4.69, 9.17) is 17.0 Å². The molecule has 0 N–H and O–H groups in total. The van der Waals surface area contributed by atoms with E-state index in [1.165, 1.54) is 11.8 Å². The number of rotatable bonds is 5. The molecule has 1 amide bonds. The Morgan fingerprint density at radius 1 is 1.26 bits per heavy atom. The lowest BCUT2D eigenvalue weighted by Crippen LogP contribution is -2.48. The summed E-state index contributed by atoms with van der Waals surface area (Å²) >= 11 is 6.88. The highest BCUT2D eigenvalue weighted by Gasteiger charge is 2.42. The zero-order valence-electron chi connectivity index (χ0n) is 15.7. The van der Waals surface area contributed by atoms with Crippen LogP contribution in [0.2, 0.25) is 0 Å². The van der Waals surface area contributed by atoms with Gasteiger partial charge in [0.1, 0.15) is 3.82 Å². The normalized spacial score (nSPS) is 14.4. The first-order valence-electron chi connectivity index (χ1n) is 8.58. The summed E-state index contributed by atoms with van der Waals surface area (Å²) in [5.41, 5.74) is 3.64. The largest absolute Gasteiger partial charge is 0.465 e. The predicted octanol–water partition coefficient (Wildman–Crippen LogP) is 5.39. The Morgan fingerprint density at radius 3 is 2.70 bits per heavy atom. The van der Waals surface area contributed by atoms with Gasteiger partial charge in [0.15, 0.2) is 0 Å². The van der Waals surface area contributed by atoms with Gasteiger partial charge in [0.25, 0.3) is 0 Å². The van der Waals surface area contributed by atoms with Gasteiger partial charge in [0.05, 0.1) is 34.2 Å². The molecule has 0 saturated carbocycles. The Hall–Kier alpha value is -1.22. The van der Waals surface area contributed by atoms with Crippen molar-refractivity contribution in [1.82, 2.24) is 0 Å². The lowest BCUT2D eigenvalue weighted by molar-refractivity contribution is -0.139. The molecule has 0 radical (unpaired) electrons. The van der Waals surface area contributed by atoms with Crippen LogP contribution in [0.1, 0.15) is 31.2 Å². The van der Waals surface area contributed by atoms with Gasteiger partial charge < -0.3 is 9.64 Å². The standard InChI is InChI=1S/C19H21NO3S4/c1-5-23-15(22)10-25-9-14(21)20-13-7-6-11(2)8-12(13)16-17(19(20,3)4)26-27-18(16)24/h6-8H,5,9-10H2,1-4H3. The number of hydrogen-bond donors (Lipinski definition) is 0. The number of ether oxygens (including phenoxy) is 1. The Bertz CT molecular complexity index is 945. The third-order valence-corrected chi connectivity index (χ3v) is 8.63. The van der Waals surface area contributed by atoms with Crippen LogP contribution in [-0.2, 0) is 19.9 Å². The lowest BCUT2D eigenvalue weighted by atomic mass is 9.87. The molecule has 0 bridgehead atoms. The van der Waals surface area contributed by atoms with E-state index in [1.807, 2.05) is 24.0 Å². The quantitative estimate of drug-likeness (QED) is 0.355. The molecular weight excluding hydrogens is 418 g/mol. The number of benzene rings is 1. The molecule has 0 spiro atoms. The van der Waals surface area contributed by atoms with Gasteiger partial charge in [-0.25, -0.2) is 0 Å². The van der Waals surface area contributed by atoms with Crippen molar-refractivity contribution >= 4 is 62.2 Å². The number of esters is 1. The third kappa shape index (κ3) is 3.85. The van der Waals surface area contributed by atoms with E-state index in [1.54, 1.807) is 27.6 Å². The second-order valence-electron chi connectivity index (χ2n) is 6.76. The van der Waals surface area contributed by atoms with Crippen molar-refractivity contribution in [2.75, 3.05) is 23.0 Å². The van der Waals surface area contributed by atoms with Crippen LogP contribution in [0.5, 0.6) is 0 Å². The van der Waals surface area contributed by atoms with Gasteiger partial charge >= 0.3 is 5.97 Å². The minimum absolute atomic E-state index is 0.0191. The summed E-state index contributed by atoms with van der Waals surface area (Å²) in [5.74, 6) is 0.0918. The third-order valence-electron chi connectivity index (χ3n) is 4.41. The summed E-state index contributed by atoms with van der Waals surface area (Å²) in [4.78, 5) is 27.7. The van der Waals surface area contributed by atoms with E-state index < -0.39 is 5.54 Å². The first-order valence-corrected chi connectivity index (χ1v) is 12.3. The fourth-order valence-electron chi connectivity index (χ4n) is 3.28. The van der Waals surface area contributed by atoms with Crippen molar-refractivity contribution in [1.29, 1.82) is 0 Å². The van der Waals surface area contributed by atoms with Crippen LogP contribution in [-0.4, -0.2) is 30.0 Å². The smallest absolute Gasteiger partial charge is 0.315 e. The molecular formula is C19H21NO3S4. The summed E-state index contributed by atoms with van der Waals surface area (Å²) < 4.78 is 5.81. The molecule has 2 aromatic rings. The molecule has 144 valence electrons.